The molecule has 11 heteroatoms. The quantitative estimate of drug-likeness (QED) is 0.208. The summed E-state index contributed by atoms with van der Waals surface area (Å²) in [6.45, 7) is 3.80. The summed E-state index contributed by atoms with van der Waals surface area (Å²) in [7, 11) is 0. The van der Waals surface area contributed by atoms with Gasteiger partial charge in [0.15, 0.2) is 23.2 Å². The molecule has 0 spiro atoms. The number of amides is 3. The van der Waals surface area contributed by atoms with E-state index >= 15 is 0 Å². The molecule has 0 saturated carbocycles. The minimum Gasteiger partial charge on any atom is -0.490 e. The molecule has 0 aliphatic carbocycles. The normalized spacial score (nSPS) is 12.9. The molecule has 0 unspecified atom stereocenters. The molecular weight excluding hydrogens is 474 g/mol. The highest BCUT2D eigenvalue weighted by Crippen LogP contribution is 2.29. The SMILES string of the molecule is CCOC(=O)c1ccc(NC(=O)COc2ccc(C=C3C(=O)NC(=S)NC3=O)cc2OCC)cc1. The zero-order valence-electron chi connectivity index (χ0n) is 19.0. The van der Waals surface area contributed by atoms with Crippen molar-refractivity contribution in [1.29, 1.82) is 0 Å². The average molecular weight is 498 g/mol. The number of rotatable bonds is 9. The van der Waals surface area contributed by atoms with Gasteiger partial charge in [-0.2, -0.15) is 0 Å². The third kappa shape index (κ3) is 6.87. The van der Waals surface area contributed by atoms with E-state index in [1.807, 2.05) is 0 Å². The molecule has 1 fully saturated rings. The number of esters is 1. The van der Waals surface area contributed by atoms with E-state index in [2.05, 4.69) is 16.0 Å². The van der Waals surface area contributed by atoms with E-state index < -0.39 is 23.7 Å². The van der Waals surface area contributed by atoms with Gasteiger partial charge in [-0.25, -0.2) is 4.79 Å². The predicted octanol–water partition coefficient (Wildman–Crippen LogP) is 2.19. The first-order valence-electron chi connectivity index (χ1n) is 10.7. The number of carbonyl (C=O) groups is 4. The van der Waals surface area contributed by atoms with Crippen molar-refractivity contribution in [1.82, 2.24) is 10.6 Å². The molecular formula is C24H23N3O7S. The lowest BCUT2D eigenvalue weighted by Crippen LogP contribution is -2.51. The van der Waals surface area contributed by atoms with Crippen molar-refractivity contribution < 1.29 is 33.4 Å². The van der Waals surface area contributed by atoms with Crippen molar-refractivity contribution in [2.75, 3.05) is 25.1 Å². The topological polar surface area (TPSA) is 132 Å². The van der Waals surface area contributed by atoms with E-state index in [0.29, 0.717) is 34.9 Å². The summed E-state index contributed by atoms with van der Waals surface area (Å²) < 4.78 is 16.1. The molecule has 2 aromatic carbocycles. The molecule has 3 N–H and O–H groups in total. The van der Waals surface area contributed by atoms with Gasteiger partial charge in [-0.15, -0.1) is 0 Å². The molecule has 182 valence electrons. The van der Waals surface area contributed by atoms with Gasteiger partial charge in [0.05, 0.1) is 18.8 Å². The Labute approximate surface area is 206 Å². The number of hydrogen-bond donors (Lipinski definition) is 3. The molecule has 3 rings (SSSR count). The van der Waals surface area contributed by atoms with Crippen LogP contribution in [-0.4, -0.2) is 48.6 Å². The first kappa shape index (κ1) is 25.4. The van der Waals surface area contributed by atoms with E-state index in [0.717, 1.165) is 0 Å². The number of nitrogens with one attached hydrogen (secondary N) is 3. The molecule has 1 saturated heterocycles. The van der Waals surface area contributed by atoms with Crippen molar-refractivity contribution in [2.24, 2.45) is 0 Å². The molecule has 0 radical (unpaired) electrons. The Bertz CT molecular complexity index is 1170. The minimum atomic E-state index is -0.607. The number of hydrogen-bond acceptors (Lipinski definition) is 8. The Kier molecular flexibility index (Phi) is 8.52. The zero-order chi connectivity index (χ0) is 25.4. The largest absolute Gasteiger partial charge is 0.490 e. The summed E-state index contributed by atoms with van der Waals surface area (Å²) in [5.74, 6) is -1.44. The van der Waals surface area contributed by atoms with Crippen LogP contribution in [0.4, 0.5) is 5.69 Å². The fourth-order valence-electron chi connectivity index (χ4n) is 3.02. The first-order chi connectivity index (χ1) is 16.8. The Hall–Kier alpha value is -4.25. The predicted molar refractivity (Wildman–Crippen MR) is 131 cm³/mol. The van der Waals surface area contributed by atoms with E-state index in [-0.39, 0.29) is 23.9 Å². The smallest absolute Gasteiger partial charge is 0.338 e. The van der Waals surface area contributed by atoms with Gasteiger partial charge in [-0.05, 0) is 74.1 Å². The Balaban J connectivity index is 1.65. The molecule has 1 heterocycles. The van der Waals surface area contributed by atoms with Crippen LogP contribution in [0.3, 0.4) is 0 Å². The molecule has 1 aliphatic rings. The van der Waals surface area contributed by atoms with E-state index in [1.54, 1.807) is 56.3 Å². The van der Waals surface area contributed by atoms with Crippen LogP contribution in [0.2, 0.25) is 0 Å². The molecule has 10 nitrogen and oxygen atoms in total. The van der Waals surface area contributed by atoms with Crippen LogP contribution in [0.15, 0.2) is 48.0 Å². The molecule has 0 aromatic heterocycles. The van der Waals surface area contributed by atoms with Crippen LogP contribution in [0.25, 0.3) is 6.08 Å². The first-order valence-corrected chi connectivity index (χ1v) is 11.1. The second kappa shape index (κ2) is 11.7. The van der Waals surface area contributed by atoms with Crippen molar-refractivity contribution >= 4 is 52.8 Å². The summed E-state index contributed by atoms with van der Waals surface area (Å²) >= 11 is 4.79. The maximum atomic E-state index is 12.3. The number of carbonyl (C=O) groups excluding carboxylic acids is 4. The van der Waals surface area contributed by atoms with Gasteiger partial charge in [-0.3, -0.25) is 25.0 Å². The average Bonchev–Trinajstić information content (AvgIpc) is 2.81. The van der Waals surface area contributed by atoms with Crippen LogP contribution < -0.4 is 25.4 Å². The van der Waals surface area contributed by atoms with Crippen LogP contribution >= 0.6 is 12.2 Å². The Morgan fingerprint density at radius 2 is 1.63 bits per heavy atom. The van der Waals surface area contributed by atoms with Gasteiger partial charge in [0.1, 0.15) is 5.57 Å². The van der Waals surface area contributed by atoms with Crippen LogP contribution in [0.5, 0.6) is 11.5 Å². The van der Waals surface area contributed by atoms with Crippen LogP contribution in [-0.2, 0) is 19.1 Å². The summed E-state index contributed by atoms with van der Waals surface area (Å²) in [4.78, 5) is 48.2. The highest BCUT2D eigenvalue weighted by atomic mass is 32.1. The van der Waals surface area contributed by atoms with Gasteiger partial charge < -0.3 is 19.5 Å². The molecule has 35 heavy (non-hydrogen) atoms. The second-order valence-corrected chi connectivity index (χ2v) is 7.48. The maximum absolute atomic E-state index is 12.3. The fourth-order valence-corrected chi connectivity index (χ4v) is 3.20. The van der Waals surface area contributed by atoms with Gasteiger partial charge in [0.25, 0.3) is 17.7 Å². The molecule has 0 bridgehead atoms. The van der Waals surface area contributed by atoms with Gasteiger partial charge in [-0.1, -0.05) is 6.07 Å². The van der Waals surface area contributed by atoms with Crippen molar-refractivity contribution in [3.63, 3.8) is 0 Å². The Morgan fingerprint density at radius 3 is 2.26 bits per heavy atom. The van der Waals surface area contributed by atoms with Crippen molar-refractivity contribution in [3.05, 3.63) is 59.2 Å². The summed E-state index contributed by atoms with van der Waals surface area (Å²) in [5, 5.41) is 7.36. The summed E-state index contributed by atoms with van der Waals surface area (Å²) in [5.41, 5.74) is 1.27. The van der Waals surface area contributed by atoms with E-state index in [4.69, 9.17) is 26.4 Å². The number of anilines is 1. The van der Waals surface area contributed by atoms with E-state index in [1.165, 1.54) is 6.08 Å². The van der Waals surface area contributed by atoms with Gasteiger partial charge >= 0.3 is 5.97 Å². The van der Waals surface area contributed by atoms with Gasteiger partial charge in [0.2, 0.25) is 0 Å². The number of benzene rings is 2. The highest BCUT2D eigenvalue weighted by Gasteiger charge is 2.25. The fraction of sp³-hybridized carbons (Fsp3) is 0.208. The summed E-state index contributed by atoms with van der Waals surface area (Å²) in [6.07, 6.45) is 1.39. The second-order valence-electron chi connectivity index (χ2n) is 7.07. The zero-order valence-corrected chi connectivity index (χ0v) is 19.8. The molecule has 0 atom stereocenters. The number of thiocarbonyl (C=S) groups is 1. The lowest BCUT2D eigenvalue weighted by molar-refractivity contribution is -0.123. The van der Waals surface area contributed by atoms with Crippen LogP contribution in [0, 0.1) is 0 Å². The minimum absolute atomic E-state index is 0.0517. The third-order valence-electron chi connectivity index (χ3n) is 4.56. The third-order valence-corrected chi connectivity index (χ3v) is 4.76. The molecule has 2 aromatic rings. The lowest BCUT2D eigenvalue weighted by atomic mass is 10.1. The van der Waals surface area contributed by atoms with Crippen molar-refractivity contribution in [2.45, 2.75) is 13.8 Å². The van der Waals surface area contributed by atoms with Crippen molar-refractivity contribution in [3.8, 4) is 11.5 Å². The Morgan fingerprint density at radius 1 is 0.943 bits per heavy atom. The lowest BCUT2D eigenvalue weighted by Gasteiger charge is -2.17. The monoisotopic (exact) mass is 497 g/mol. The molecule has 3 amide bonds. The molecule has 1 aliphatic heterocycles. The summed E-state index contributed by atoms with van der Waals surface area (Å²) in [6, 6.07) is 11.0. The van der Waals surface area contributed by atoms with Crippen LogP contribution in [0.1, 0.15) is 29.8 Å². The standard InChI is InChI=1S/C24H23N3O7S/c1-3-32-19-12-14(11-17-21(29)26-24(35)27-22(17)30)5-10-18(19)34-13-20(28)25-16-8-6-15(7-9-16)23(31)33-4-2/h5-12H,3-4,13H2,1-2H3,(H,25,28)(H2,26,27,29,30,35). The number of ether oxygens (including phenoxy) is 3. The van der Waals surface area contributed by atoms with E-state index in [9.17, 15) is 19.2 Å². The maximum Gasteiger partial charge on any atom is 0.338 e. The van der Waals surface area contributed by atoms with Gasteiger partial charge in [0, 0.05) is 5.69 Å². The highest BCUT2D eigenvalue weighted by molar-refractivity contribution is 7.80.